The van der Waals surface area contributed by atoms with Crippen molar-refractivity contribution in [2.45, 2.75) is 46.1 Å². The smallest absolute Gasteiger partial charge is 0.248 e. The normalized spacial score (nSPS) is 16.6. The van der Waals surface area contributed by atoms with Gasteiger partial charge in [-0.25, -0.2) is 0 Å². The Morgan fingerprint density at radius 2 is 1.67 bits per heavy atom. The van der Waals surface area contributed by atoms with E-state index in [2.05, 4.69) is 44.8 Å². The van der Waals surface area contributed by atoms with Crippen LogP contribution in [0, 0.1) is 0 Å². The summed E-state index contributed by atoms with van der Waals surface area (Å²) >= 11 is 0. The van der Waals surface area contributed by atoms with Crippen LogP contribution in [0.5, 0.6) is 5.75 Å². The zero-order valence-electron chi connectivity index (χ0n) is 23.9. The van der Waals surface area contributed by atoms with Crippen LogP contribution in [0.4, 0.5) is 5.69 Å². The topological polar surface area (TPSA) is 84.0 Å². The summed E-state index contributed by atoms with van der Waals surface area (Å²) < 4.78 is 8.00. The van der Waals surface area contributed by atoms with Crippen LogP contribution in [0.1, 0.15) is 55.6 Å². The number of carbonyl (C=O) groups excluding carboxylic acids is 2. The van der Waals surface area contributed by atoms with Crippen molar-refractivity contribution in [2.75, 3.05) is 57.8 Å². The molecule has 5 rings (SSSR count). The van der Waals surface area contributed by atoms with E-state index >= 15 is 0 Å². The lowest BCUT2D eigenvalue weighted by molar-refractivity contribution is -0.129. The number of methoxy groups -OCH3 is 1. The molecule has 8 nitrogen and oxygen atoms in total. The largest absolute Gasteiger partial charge is 0.496 e. The zero-order chi connectivity index (χ0) is 27.9. The molecule has 2 aliphatic heterocycles. The van der Waals surface area contributed by atoms with Crippen molar-refractivity contribution < 1.29 is 14.3 Å². The van der Waals surface area contributed by atoms with Crippen LogP contribution < -0.4 is 15.4 Å². The molecule has 0 bridgehead atoms. The number of piperazine rings is 1. The highest BCUT2D eigenvalue weighted by molar-refractivity contribution is 5.97. The van der Waals surface area contributed by atoms with E-state index in [4.69, 9.17) is 10.5 Å². The number of aromatic nitrogens is 1. The van der Waals surface area contributed by atoms with Gasteiger partial charge in [0.25, 0.3) is 0 Å². The number of nitrogens with zero attached hydrogens (tertiary/aromatic N) is 4. The lowest BCUT2D eigenvalue weighted by atomic mass is 10.0. The van der Waals surface area contributed by atoms with Crippen LogP contribution >= 0.6 is 0 Å². The number of likely N-dealkylation sites (tertiary alicyclic amines) is 1. The van der Waals surface area contributed by atoms with Gasteiger partial charge in [-0.3, -0.25) is 9.59 Å². The second-order valence-corrected chi connectivity index (χ2v) is 10.2. The van der Waals surface area contributed by atoms with Crippen LogP contribution in [0.2, 0.25) is 0 Å². The van der Waals surface area contributed by atoms with Crippen LogP contribution in [0.25, 0.3) is 10.9 Å². The lowest BCUT2D eigenvalue weighted by Gasteiger charge is -2.36. The molecule has 2 amide bonds. The number of hydrogen-bond donors (Lipinski definition) is 1. The first kappa shape index (κ1) is 28.5. The summed E-state index contributed by atoms with van der Waals surface area (Å²) in [7, 11) is 1.74. The third-order valence-corrected chi connectivity index (χ3v) is 8.01. The fraction of sp³-hybridized carbons (Fsp3) is 0.484. The standard InChI is InChI=1S/C29H37N5O3.C2H6/c1-21(35)32-15-17-33(18-16-32)26-5-6-28(37-2)23(19-26)7-11-31-12-9-25(10-13-31)34-14-8-22-3-4-24(29(30)36)20-27(22)34;1-2/h3-6,8,14,19-20,25H,7,9-13,15-18H2,1-2H3,(H2,30,36);1-2H3. The van der Waals surface area contributed by atoms with Gasteiger partial charge in [0.2, 0.25) is 11.8 Å². The maximum atomic E-state index is 11.7. The zero-order valence-corrected chi connectivity index (χ0v) is 23.9. The summed E-state index contributed by atoms with van der Waals surface area (Å²) in [5.74, 6) is 0.701. The van der Waals surface area contributed by atoms with E-state index in [1.165, 1.54) is 11.3 Å². The number of anilines is 1. The van der Waals surface area contributed by atoms with Gasteiger partial charge in [-0.15, -0.1) is 0 Å². The highest BCUT2D eigenvalue weighted by atomic mass is 16.5. The van der Waals surface area contributed by atoms with Crippen molar-refractivity contribution in [3.8, 4) is 5.75 Å². The fourth-order valence-electron chi connectivity index (χ4n) is 5.76. The second-order valence-electron chi connectivity index (χ2n) is 10.2. The maximum Gasteiger partial charge on any atom is 0.248 e. The summed E-state index contributed by atoms with van der Waals surface area (Å²) in [6.45, 7) is 12.0. The lowest BCUT2D eigenvalue weighted by Crippen LogP contribution is -2.48. The fourth-order valence-corrected chi connectivity index (χ4v) is 5.76. The summed E-state index contributed by atoms with van der Waals surface area (Å²) in [6, 6.07) is 14.7. The van der Waals surface area contributed by atoms with Crippen LogP contribution in [0.15, 0.2) is 48.7 Å². The molecule has 2 N–H and O–H groups in total. The Morgan fingerprint density at radius 3 is 2.31 bits per heavy atom. The van der Waals surface area contributed by atoms with Gasteiger partial charge in [0.15, 0.2) is 0 Å². The van der Waals surface area contributed by atoms with Crippen LogP contribution in [-0.2, 0) is 11.2 Å². The molecule has 0 radical (unpaired) electrons. The highest BCUT2D eigenvalue weighted by Crippen LogP contribution is 2.30. The van der Waals surface area contributed by atoms with Crippen molar-refractivity contribution >= 4 is 28.4 Å². The molecule has 2 aromatic carbocycles. The number of benzene rings is 2. The molecule has 2 saturated heterocycles. The first-order valence-electron chi connectivity index (χ1n) is 14.2. The number of piperidine rings is 1. The molecule has 39 heavy (non-hydrogen) atoms. The molecule has 0 atom stereocenters. The quantitative estimate of drug-likeness (QED) is 0.489. The molecule has 2 fully saturated rings. The molecule has 3 aromatic rings. The number of hydrogen-bond acceptors (Lipinski definition) is 5. The van der Waals surface area contributed by atoms with Crippen molar-refractivity contribution in [1.82, 2.24) is 14.4 Å². The third-order valence-electron chi connectivity index (χ3n) is 8.01. The number of primary amides is 1. The van der Waals surface area contributed by atoms with Crippen molar-refractivity contribution in [3.63, 3.8) is 0 Å². The van der Waals surface area contributed by atoms with Gasteiger partial charge in [-0.1, -0.05) is 19.9 Å². The minimum absolute atomic E-state index is 0.152. The summed E-state index contributed by atoms with van der Waals surface area (Å²) in [5, 5.41) is 1.14. The average Bonchev–Trinajstić information content (AvgIpc) is 3.40. The van der Waals surface area contributed by atoms with E-state index < -0.39 is 0 Å². The molecule has 1 aromatic heterocycles. The summed E-state index contributed by atoms with van der Waals surface area (Å²) in [6.07, 6.45) is 5.22. The number of carbonyl (C=O) groups is 2. The molecular weight excluding hydrogens is 490 g/mol. The summed E-state index contributed by atoms with van der Waals surface area (Å²) in [4.78, 5) is 30.1. The van der Waals surface area contributed by atoms with E-state index in [0.717, 1.165) is 81.7 Å². The monoisotopic (exact) mass is 533 g/mol. The van der Waals surface area contributed by atoms with Crippen LogP contribution in [0.3, 0.4) is 0 Å². The first-order valence-corrected chi connectivity index (χ1v) is 14.2. The number of fused-ring (bicyclic) bond motifs is 1. The van der Waals surface area contributed by atoms with Gasteiger partial charge in [-0.05, 0) is 66.6 Å². The molecule has 210 valence electrons. The Kier molecular flexibility index (Phi) is 9.51. The molecule has 0 aliphatic carbocycles. The third kappa shape index (κ3) is 6.56. The van der Waals surface area contributed by atoms with E-state index in [1.54, 1.807) is 20.1 Å². The number of nitrogens with two attached hydrogens (primary N) is 1. The maximum absolute atomic E-state index is 11.7. The van der Waals surface area contributed by atoms with E-state index in [1.807, 2.05) is 30.9 Å². The van der Waals surface area contributed by atoms with Gasteiger partial charge in [0, 0.05) is 81.7 Å². The molecule has 3 heterocycles. The minimum Gasteiger partial charge on any atom is -0.496 e. The van der Waals surface area contributed by atoms with Gasteiger partial charge >= 0.3 is 0 Å². The van der Waals surface area contributed by atoms with Crippen molar-refractivity contribution in [1.29, 1.82) is 0 Å². The highest BCUT2D eigenvalue weighted by Gasteiger charge is 2.23. The Morgan fingerprint density at radius 1 is 0.949 bits per heavy atom. The Hall–Kier alpha value is -3.52. The molecule has 0 spiro atoms. The number of amides is 2. The Balaban J connectivity index is 0.00000172. The SMILES string of the molecule is CC.COc1ccc(N2CCN(C(C)=O)CC2)cc1CCN1CCC(n2ccc3ccc(C(N)=O)cc32)CC1. The van der Waals surface area contributed by atoms with Gasteiger partial charge < -0.3 is 29.7 Å². The average molecular weight is 534 g/mol. The predicted molar refractivity (Wildman–Crippen MR) is 158 cm³/mol. The van der Waals surface area contributed by atoms with Crippen molar-refractivity contribution in [3.05, 3.63) is 59.8 Å². The molecule has 2 aliphatic rings. The first-order chi connectivity index (χ1) is 18.9. The van der Waals surface area contributed by atoms with Crippen molar-refractivity contribution in [2.24, 2.45) is 5.73 Å². The predicted octanol–water partition coefficient (Wildman–Crippen LogP) is 4.32. The van der Waals surface area contributed by atoms with Gasteiger partial charge in [0.05, 0.1) is 7.11 Å². The van der Waals surface area contributed by atoms with Gasteiger partial charge in [0.1, 0.15) is 5.75 Å². The molecule has 8 heteroatoms. The van der Waals surface area contributed by atoms with E-state index in [0.29, 0.717) is 11.6 Å². The number of rotatable bonds is 7. The minimum atomic E-state index is -0.387. The van der Waals surface area contributed by atoms with E-state index in [-0.39, 0.29) is 11.8 Å². The second kappa shape index (κ2) is 13.0. The number of ether oxygens (including phenoxy) is 1. The van der Waals surface area contributed by atoms with E-state index in [9.17, 15) is 9.59 Å². The summed E-state index contributed by atoms with van der Waals surface area (Å²) in [5.41, 5.74) is 9.58. The molecule has 0 unspecified atom stereocenters. The molecule has 0 saturated carbocycles. The van der Waals surface area contributed by atoms with Crippen LogP contribution in [-0.4, -0.2) is 79.1 Å². The van der Waals surface area contributed by atoms with Gasteiger partial charge in [-0.2, -0.15) is 0 Å². The molecular formula is C31H43N5O3. The Bertz CT molecular complexity index is 1270. The Labute approximate surface area is 232 Å².